The zero-order valence-electron chi connectivity index (χ0n) is 7.68. The van der Waals surface area contributed by atoms with E-state index in [1.807, 2.05) is 30.3 Å². The van der Waals surface area contributed by atoms with E-state index >= 15 is 0 Å². The Kier molecular flexibility index (Phi) is 4.16. The maximum Gasteiger partial charge on any atom is 0.159 e. The molecule has 0 atom stereocenters. The van der Waals surface area contributed by atoms with Crippen molar-refractivity contribution in [2.75, 3.05) is 18.2 Å². The predicted octanol–water partition coefficient (Wildman–Crippen LogP) is 0.780. The van der Waals surface area contributed by atoms with E-state index in [0.717, 1.165) is 18.8 Å². The topological polar surface area (TPSA) is 47.5 Å². The number of nitrogens with zero attached hydrogens (tertiary/aromatic N) is 1. The van der Waals surface area contributed by atoms with Crippen molar-refractivity contribution in [3.05, 3.63) is 30.3 Å². The molecule has 1 heterocycles. The molecule has 0 spiro atoms. The highest BCUT2D eigenvalue weighted by Crippen LogP contribution is 2.12. The van der Waals surface area contributed by atoms with E-state index in [-0.39, 0.29) is 18.7 Å². The molecule has 0 bridgehead atoms. The van der Waals surface area contributed by atoms with Gasteiger partial charge in [-0.25, -0.2) is 5.06 Å². The van der Waals surface area contributed by atoms with Crippen molar-refractivity contribution in [2.45, 2.75) is 6.29 Å². The minimum Gasteiger partial charge on any atom is -0.286 e. The number of para-hydroxylation sites is 1. The first-order valence-electron chi connectivity index (χ1n) is 4.38. The molecular weight excluding hydrogens is 202 g/mol. The summed E-state index contributed by atoms with van der Waals surface area (Å²) in [5.41, 5.74) is 0.786. The van der Waals surface area contributed by atoms with Crippen molar-refractivity contribution in [3.63, 3.8) is 0 Å². The van der Waals surface area contributed by atoms with Crippen molar-refractivity contribution in [2.24, 2.45) is 0 Å². The number of hydrogen-bond acceptors (Lipinski definition) is 4. The molecule has 1 aromatic carbocycles. The Labute approximate surface area is 89.3 Å². The fraction of sp³-hybridized carbons (Fsp3) is 0.333. The summed E-state index contributed by atoms with van der Waals surface area (Å²) in [6.45, 7) is 1.77. The van der Waals surface area contributed by atoms with Crippen LogP contribution in [0, 0.1) is 0 Å². The molecule has 14 heavy (non-hydrogen) atoms. The Balaban J connectivity index is 0.000000980. The molecule has 1 aliphatic rings. The van der Waals surface area contributed by atoms with Crippen LogP contribution in [0.25, 0.3) is 0 Å². The van der Waals surface area contributed by atoms with E-state index in [4.69, 9.17) is 0 Å². The lowest BCUT2D eigenvalue weighted by atomic mass is 10.3. The molecule has 1 fully saturated rings. The summed E-state index contributed by atoms with van der Waals surface area (Å²) in [6.07, 6.45) is -0.164. The quantitative estimate of drug-likeness (QED) is 0.639. The highest BCUT2D eigenvalue weighted by atomic mass is 35.5. The summed E-state index contributed by atoms with van der Waals surface area (Å²) in [7, 11) is 0. The zero-order valence-corrected chi connectivity index (χ0v) is 8.50. The maximum absolute atomic E-state index is 9.73. The van der Waals surface area contributed by atoms with Crippen LogP contribution in [0.5, 0.6) is 0 Å². The Morgan fingerprint density at radius 2 is 1.71 bits per heavy atom. The van der Waals surface area contributed by atoms with Crippen LogP contribution in [0.4, 0.5) is 5.69 Å². The first-order chi connectivity index (χ1) is 6.38. The number of hydrogen-bond donors (Lipinski definition) is 3. The number of anilines is 1. The second-order valence-electron chi connectivity index (χ2n) is 2.99. The third-order valence-corrected chi connectivity index (χ3v) is 2.07. The molecule has 1 aliphatic heterocycles. The molecule has 4 nitrogen and oxygen atoms in total. The first kappa shape index (κ1) is 11.3. The van der Waals surface area contributed by atoms with Crippen molar-refractivity contribution >= 4 is 18.1 Å². The summed E-state index contributed by atoms with van der Waals surface area (Å²) in [4.78, 5) is 0. The Hall–Kier alpha value is -0.810. The largest absolute Gasteiger partial charge is 0.286 e. The van der Waals surface area contributed by atoms with Crippen LogP contribution in [-0.4, -0.2) is 24.6 Å². The minimum atomic E-state index is -0.164. The third kappa shape index (κ3) is 2.36. The number of hydroxylamine groups is 1. The van der Waals surface area contributed by atoms with Gasteiger partial charge in [0.05, 0.1) is 5.69 Å². The molecule has 0 amide bonds. The van der Waals surface area contributed by atoms with Crippen LogP contribution in [0.3, 0.4) is 0 Å². The molecular formula is C9H14ClN3O. The number of nitrogens with one attached hydrogen (secondary N) is 2. The van der Waals surface area contributed by atoms with Crippen LogP contribution in [0.15, 0.2) is 30.3 Å². The fourth-order valence-electron chi connectivity index (χ4n) is 1.39. The van der Waals surface area contributed by atoms with Gasteiger partial charge in [-0.1, -0.05) is 18.2 Å². The van der Waals surface area contributed by atoms with Gasteiger partial charge in [0, 0.05) is 13.1 Å². The molecule has 1 saturated heterocycles. The van der Waals surface area contributed by atoms with Crippen molar-refractivity contribution in [1.29, 1.82) is 0 Å². The van der Waals surface area contributed by atoms with Gasteiger partial charge in [-0.05, 0) is 12.1 Å². The summed E-state index contributed by atoms with van der Waals surface area (Å²) < 4.78 is 0. The lowest BCUT2D eigenvalue weighted by molar-refractivity contribution is 0.197. The van der Waals surface area contributed by atoms with Crippen LogP contribution >= 0.6 is 12.4 Å². The van der Waals surface area contributed by atoms with Gasteiger partial charge in [0.15, 0.2) is 6.29 Å². The second kappa shape index (κ2) is 5.17. The van der Waals surface area contributed by atoms with Crippen LogP contribution in [0.2, 0.25) is 0 Å². The zero-order chi connectivity index (χ0) is 9.10. The Bertz CT molecular complexity index is 264. The average Bonchev–Trinajstić information content (AvgIpc) is 2.71. The van der Waals surface area contributed by atoms with Gasteiger partial charge in [0.1, 0.15) is 0 Å². The van der Waals surface area contributed by atoms with E-state index in [0.29, 0.717) is 0 Å². The summed E-state index contributed by atoms with van der Waals surface area (Å²) in [5.74, 6) is 0. The highest BCUT2D eigenvalue weighted by Gasteiger charge is 2.19. The predicted molar refractivity (Wildman–Crippen MR) is 57.7 cm³/mol. The second-order valence-corrected chi connectivity index (χ2v) is 2.99. The minimum absolute atomic E-state index is 0. The van der Waals surface area contributed by atoms with E-state index in [9.17, 15) is 5.21 Å². The molecule has 0 saturated carbocycles. The van der Waals surface area contributed by atoms with Gasteiger partial charge < -0.3 is 0 Å². The first-order valence-corrected chi connectivity index (χ1v) is 4.38. The van der Waals surface area contributed by atoms with Gasteiger partial charge in [-0.3, -0.25) is 15.8 Å². The van der Waals surface area contributed by atoms with E-state index < -0.39 is 0 Å². The van der Waals surface area contributed by atoms with E-state index in [1.165, 1.54) is 5.06 Å². The number of halogens is 1. The molecule has 5 heteroatoms. The van der Waals surface area contributed by atoms with Crippen molar-refractivity contribution < 1.29 is 5.21 Å². The normalized spacial score (nSPS) is 16.4. The fourth-order valence-corrected chi connectivity index (χ4v) is 1.39. The van der Waals surface area contributed by atoms with Crippen molar-refractivity contribution in [1.82, 2.24) is 10.6 Å². The monoisotopic (exact) mass is 215 g/mol. The molecule has 0 aliphatic carbocycles. The standard InChI is InChI=1S/C9H13N3O.ClH/c13-12(9-10-6-7-11-9)8-4-2-1-3-5-8;/h1-5,9-11,13H,6-7H2;1H. The average molecular weight is 216 g/mol. The third-order valence-electron chi connectivity index (χ3n) is 2.07. The van der Waals surface area contributed by atoms with Gasteiger partial charge in [-0.2, -0.15) is 0 Å². The Morgan fingerprint density at radius 1 is 1.14 bits per heavy atom. The molecule has 78 valence electrons. The van der Waals surface area contributed by atoms with Gasteiger partial charge in [0.25, 0.3) is 0 Å². The SMILES string of the molecule is Cl.ON(c1ccccc1)C1NCCN1. The smallest absolute Gasteiger partial charge is 0.159 e. The molecule has 1 aromatic rings. The van der Waals surface area contributed by atoms with Crippen molar-refractivity contribution in [3.8, 4) is 0 Å². The maximum atomic E-state index is 9.73. The summed E-state index contributed by atoms with van der Waals surface area (Å²) in [6, 6.07) is 9.44. The summed E-state index contributed by atoms with van der Waals surface area (Å²) in [5, 5.41) is 17.2. The lowest BCUT2D eigenvalue weighted by Gasteiger charge is -2.23. The number of rotatable bonds is 2. The molecule has 2 rings (SSSR count). The van der Waals surface area contributed by atoms with Gasteiger partial charge in [0.2, 0.25) is 0 Å². The molecule has 0 radical (unpaired) electrons. The highest BCUT2D eigenvalue weighted by molar-refractivity contribution is 5.85. The lowest BCUT2D eigenvalue weighted by Crippen LogP contribution is -2.46. The van der Waals surface area contributed by atoms with Crippen LogP contribution in [-0.2, 0) is 0 Å². The van der Waals surface area contributed by atoms with Gasteiger partial charge >= 0.3 is 0 Å². The van der Waals surface area contributed by atoms with Crippen LogP contribution in [0.1, 0.15) is 0 Å². The molecule has 3 N–H and O–H groups in total. The van der Waals surface area contributed by atoms with Crippen LogP contribution < -0.4 is 15.7 Å². The van der Waals surface area contributed by atoms with Gasteiger partial charge in [-0.15, -0.1) is 12.4 Å². The van der Waals surface area contributed by atoms with E-state index in [1.54, 1.807) is 0 Å². The molecule has 0 aromatic heterocycles. The van der Waals surface area contributed by atoms with E-state index in [2.05, 4.69) is 10.6 Å². The number of benzene rings is 1. The Morgan fingerprint density at radius 3 is 2.29 bits per heavy atom. The summed E-state index contributed by atoms with van der Waals surface area (Å²) >= 11 is 0. The molecule has 0 unspecified atom stereocenters.